The molecule has 1 atom stereocenters. The van der Waals surface area contributed by atoms with Crippen LogP contribution in [0.5, 0.6) is 0 Å². The van der Waals surface area contributed by atoms with Gasteiger partial charge >= 0.3 is 0 Å². The van der Waals surface area contributed by atoms with Gasteiger partial charge in [-0.1, -0.05) is 18.6 Å². The van der Waals surface area contributed by atoms with Crippen molar-refractivity contribution in [2.75, 3.05) is 5.32 Å². The molecular weight excluding hydrogens is 220 g/mol. The highest BCUT2D eigenvalue weighted by molar-refractivity contribution is 7.80. The molecule has 0 bridgehead atoms. The van der Waals surface area contributed by atoms with Gasteiger partial charge in [-0.05, 0) is 25.7 Å². The summed E-state index contributed by atoms with van der Waals surface area (Å²) in [6, 6.07) is 0.401. The van der Waals surface area contributed by atoms with Crippen LogP contribution in [0.2, 0.25) is 0 Å². The van der Waals surface area contributed by atoms with Crippen LogP contribution >= 0.6 is 12.2 Å². The van der Waals surface area contributed by atoms with Crippen LogP contribution in [0.15, 0.2) is 12.4 Å². The summed E-state index contributed by atoms with van der Waals surface area (Å²) in [5, 5.41) is 3.35. The molecule has 1 unspecified atom stereocenters. The van der Waals surface area contributed by atoms with Crippen molar-refractivity contribution >= 4 is 23.0 Å². The van der Waals surface area contributed by atoms with Crippen LogP contribution in [0, 0.1) is 5.92 Å². The molecule has 0 amide bonds. The van der Waals surface area contributed by atoms with Gasteiger partial charge in [0.15, 0.2) is 5.82 Å². The van der Waals surface area contributed by atoms with Gasteiger partial charge in [0, 0.05) is 18.4 Å². The first-order valence-corrected chi connectivity index (χ1v) is 5.96. The molecule has 1 aromatic heterocycles. The molecule has 2 rings (SSSR count). The molecular formula is C11H16N4S. The van der Waals surface area contributed by atoms with E-state index in [2.05, 4.69) is 22.2 Å². The highest BCUT2D eigenvalue weighted by atomic mass is 32.1. The van der Waals surface area contributed by atoms with Crippen molar-refractivity contribution in [1.82, 2.24) is 9.97 Å². The fraction of sp³-hybridized carbons (Fsp3) is 0.545. The standard InChI is InChI=1S/C11H16N4S/c1-7(8-3-2-4-8)15-11-9(10(12)16)13-5-6-14-11/h5-8H,2-4H2,1H3,(H2,12,16)(H,14,15). The summed E-state index contributed by atoms with van der Waals surface area (Å²) >= 11 is 4.95. The van der Waals surface area contributed by atoms with Gasteiger partial charge in [-0.15, -0.1) is 0 Å². The Morgan fingerprint density at radius 1 is 1.50 bits per heavy atom. The van der Waals surface area contributed by atoms with Crippen LogP contribution in [0.25, 0.3) is 0 Å². The van der Waals surface area contributed by atoms with Gasteiger partial charge in [0.2, 0.25) is 0 Å². The molecule has 1 aromatic rings. The maximum atomic E-state index is 5.60. The third-order valence-electron chi connectivity index (χ3n) is 3.15. The van der Waals surface area contributed by atoms with Gasteiger partial charge in [-0.2, -0.15) is 0 Å². The minimum atomic E-state index is 0.288. The molecule has 0 radical (unpaired) electrons. The maximum absolute atomic E-state index is 5.60. The Bertz CT molecular complexity index is 389. The second kappa shape index (κ2) is 4.74. The summed E-state index contributed by atoms with van der Waals surface area (Å²) in [4.78, 5) is 8.67. The molecule has 1 saturated carbocycles. The fourth-order valence-electron chi connectivity index (χ4n) is 1.90. The minimum Gasteiger partial charge on any atom is -0.388 e. The Balaban J connectivity index is 2.10. The van der Waals surface area contributed by atoms with E-state index >= 15 is 0 Å². The van der Waals surface area contributed by atoms with E-state index in [1.54, 1.807) is 12.4 Å². The highest BCUT2D eigenvalue weighted by Gasteiger charge is 2.24. The average molecular weight is 236 g/mol. The van der Waals surface area contributed by atoms with Crippen LogP contribution in [-0.2, 0) is 0 Å². The summed E-state index contributed by atoms with van der Waals surface area (Å²) in [6.45, 7) is 2.17. The van der Waals surface area contributed by atoms with Gasteiger partial charge in [0.25, 0.3) is 0 Å². The van der Waals surface area contributed by atoms with Crippen molar-refractivity contribution < 1.29 is 0 Å². The zero-order valence-corrected chi connectivity index (χ0v) is 10.1. The van der Waals surface area contributed by atoms with Crippen molar-refractivity contribution in [3.05, 3.63) is 18.1 Å². The summed E-state index contributed by atoms with van der Waals surface area (Å²) in [6.07, 6.45) is 7.16. The predicted octanol–water partition coefficient (Wildman–Crippen LogP) is 1.71. The molecule has 1 aliphatic rings. The number of rotatable bonds is 4. The number of hydrogen-bond donors (Lipinski definition) is 2. The third kappa shape index (κ3) is 2.29. The Morgan fingerprint density at radius 2 is 2.19 bits per heavy atom. The fourth-order valence-corrected chi connectivity index (χ4v) is 2.05. The van der Waals surface area contributed by atoms with Crippen LogP contribution in [0.1, 0.15) is 31.9 Å². The molecule has 1 fully saturated rings. The summed E-state index contributed by atoms with van der Waals surface area (Å²) in [5.74, 6) is 1.44. The van der Waals surface area contributed by atoms with E-state index < -0.39 is 0 Å². The number of aromatic nitrogens is 2. The van der Waals surface area contributed by atoms with E-state index in [-0.39, 0.29) is 4.99 Å². The van der Waals surface area contributed by atoms with Crippen molar-refractivity contribution in [2.24, 2.45) is 11.7 Å². The largest absolute Gasteiger partial charge is 0.388 e. The Hall–Kier alpha value is -1.23. The average Bonchev–Trinajstić information content (AvgIpc) is 2.15. The van der Waals surface area contributed by atoms with E-state index in [0.717, 1.165) is 5.92 Å². The van der Waals surface area contributed by atoms with E-state index in [0.29, 0.717) is 17.6 Å². The second-order valence-corrected chi connectivity index (χ2v) is 4.68. The number of anilines is 1. The maximum Gasteiger partial charge on any atom is 0.155 e. The van der Waals surface area contributed by atoms with Crippen LogP contribution in [0.3, 0.4) is 0 Å². The minimum absolute atomic E-state index is 0.288. The van der Waals surface area contributed by atoms with Gasteiger partial charge in [-0.25, -0.2) is 9.97 Å². The second-order valence-electron chi connectivity index (χ2n) is 4.24. The van der Waals surface area contributed by atoms with Crippen LogP contribution in [0.4, 0.5) is 5.82 Å². The van der Waals surface area contributed by atoms with Gasteiger partial charge in [0.05, 0.1) is 0 Å². The summed E-state index contributed by atoms with van der Waals surface area (Å²) in [5.41, 5.74) is 6.19. The van der Waals surface area contributed by atoms with E-state index in [9.17, 15) is 0 Å². The molecule has 16 heavy (non-hydrogen) atoms. The van der Waals surface area contributed by atoms with Crippen molar-refractivity contribution in [2.45, 2.75) is 32.2 Å². The zero-order chi connectivity index (χ0) is 11.5. The number of nitrogens with zero attached hydrogens (tertiary/aromatic N) is 2. The first kappa shape index (κ1) is 11.3. The van der Waals surface area contributed by atoms with Gasteiger partial charge < -0.3 is 11.1 Å². The molecule has 5 heteroatoms. The van der Waals surface area contributed by atoms with E-state index in [1.807, 2.05) is 0 Å². The predicted molar refractivity (Wildman–Crippen MR) is 68.3 cm³/mol. The Labute approximate surface area is 101 Å². The molecule has 0 aromatic carbocycles. The molecule has 3 N–H and O–H groups in total. The van der Waals surface area contributed by atoms with Gasteiger partial charge in [0.1, 0.15) is 10.7 Å². The number of nitrogens with one attached hydrogen (secondary N) is 1. The summed E-state index contributed by atoms with van der Waals surface area (Å²) < 4.78 is 0. The van der Waals surface area contributed by atoms with Crippen molar-refractivity contribution in [3.8, 4) is 0 Å². The van der Waals surface area contributed by atoms with Gasteiger partial charge in [-0.3, -0.25) is 0 Å². The number of hydrogen-bond acceptors (Lipinski definition) is 4. The van der Waals surface area contributed by atoms with E-state index in [4.69, 9.17) is 18.0 Å². The smallest absolute Gasteiger partial charge is 0.155 e. The lowest BCUT2D eigenvalue weighted by Crippen LogP contribution is -2.32. The lowest BCUT2D eigenvalue weighted by Gasteiger charge is -2.32. The summed E-state index contributed by atoms with van der Waals surface area (Å²) in [7, 11) is 0. The van der Waals surface area contributed by atoms with Crippen molar-refractivity contribution in [1.29, 1.82) is 0 Å². The molecule has 1 heterocycles. The quantitative estimate of drug-likeness (QED) is 0.779. The monoisotopic (exact) mass is 236 g/mol. The SMILES string of the molecule is CC(Nc1nccnc1C(N)=S)C1CCC1. The Kier molecular flexibility index (Phi) is 3.33. The first-order chi connectivity index (χ1) is 7.68. The normalized spacial score (nSPS) is 17.6. The lowest BCUT2D eigenvalue weighted by atomic mass is 9.80. The Morgan fingerprint density at radius 3 is 2.75 bits per heavy atom. The lowest BCUT2D eigenvalue weighted by molar-refractivity contribution is 0.285. The van der Waals surface area contributed by atoms with Crippen molar-refractivity contribution in [3.63, 3.8) is 0 Å². The topological polar surface area (TPSA) is 63.8 Å². The van der Waals surface area contributed by atoms with Crippen LogP contribution < -0.4 is 11.1 Å². The number of nitrogens with two attached hydrogens (primary N) is 1. The molecule has 4 nitrogen and oxygen atoms in total. The third-order valence-corrected chi connectivity index (χ3v) is 3.35. The number of thiocarbonyl (C=S) groups is 1. The highest BCUT2D eigenvalue weighted by Crippen LogP contribution is 2.30. The first-order valence-electron chi connectivity index (χ1n) is 5.56. The molecule has 0 aliphatic heterocycles. The zero-order valence-electron chi connectivity index (χ0n) is 9.31. The molecule has 0 spiro atoms. The van der Waals surface area contributed by atoms with Crippen LogP contribution in [-0.4, -0.2) is 21.0 Å². The molecule has 86 valence electrons. The molecule has 1 aliphatic carbocycles. The van der Waals surface area contributed by atoms with E-state index in [1.165, 1.54) is 19.3 Å². The molecule has 0 saturated heterocycles.